The Bertz CT molecular complexity index is 1150. The maximum Gasteiger partial charge on any atom is 0.262 e. The fourth-order valence-corrected chi connectivity index (χ4v) is 4.47. The van der Waals surface area contributed by atoms with Crippen molar-refractivity contribution >= 4 is 57.5 Å². The first-order valence-corrected chi connectivity index (χ1v) is 11.2. The number of thioether (sulfide) groups is 1. The third-order valence-electron chi connectivity index (χ3n) is 4.77. The summed E-state index contributed by atoms with van der Waals surface area (Å²) in [5.41, 5.74) is 0.881. The molecule has 1 aliphatic heterocycles. The molecule has 9 heteroatoms. The van der Waals surface area contributed by atoms with Crippen molar-refractivity contribution < 1.29 is 9.53 Å². The average molecular weight is 464 g/mol. The van der Waals surface area contributed by atoms with Gasteiger partial charge in [-0.3, -0.25) is 14.2 Å². The molecular weight excluding hydrogens is 445 g/mol. The van der Waals surface area contributed by atoms with Gasteiger partial charge in [-0.15, -0.1) is 0 Å². The Morgan fingerprint density at radius 1 is 1.27 bits per heavy atom. The summed E-state index contributed by atoms with van der Waals surface area (Å²) < 4.78 is 7.30. The van der Waals surface area contributed by atoms with Crippen LogP contribution in [0.2, 0.25) is 10.0 Å². The molecular formula is C21H19Cl2N3O3S. The van der Waals surface area contributed by atoms with Gasteiger partial charge in [0.2, 0.25) is 5.91 Å². The summed E-state index contributed by atoms with van der Waals surface area (Å²) in [7, 11) is 0. The molecule has 0 spiro atoms. The van der Waals surface area contributed by atoms with E-state index in [0.29, 0.717) is 44.9 Å². The minimum absolute atomic E-state index is 0.0365. The third-order valence-corrected chi connectivity index (χ3v) is 6.31. The molecule has 0 radical (unpaired) electrons. The smallest absolute Gasteiger partial charge is 0.262 e. The highest BCUT2D eigenvalue weighted by Gasteiger charge is 2.21. The molecule has 1 saturated heterocycles. The molecule has 6 nitrogen and oxygen atoms in total. The first-order chi connectivity index (χ1) is 14.5. The lowest BCUT2D eigenvalue weighted by molar-refractivity contribution is -0.113. The van der Waals surface area contributed by atoms with Crippen molar-refractivity contribution in [3.8, 4) is 0 Å². The summed E-state index contributed by atoms with van der Waals surface area (Å²) in [6.07, 6.45) is 1.83. The normalized spacial score (nSPS) is 16.1. The van der Waals surface area contributed by atoms with Gasteiger partial charge in [-0.2, -0.15) is 0 Å². The number of anilines is 1. The number of nitrogens with zero attached hydrogens (tertiary/aromatic N) is 2. The predicted molar refractivity (Wildman–Crippen MR) is 121 cm³/mol. The molecule has 1 aromatic heterocycles. The highest BCUT2D eigenvalue weighted by molar-refractivity contribution is 7.99. The number of hydrogen-bond acceptors (Lipinski definition) is 5. The zero-order valence-electron chi connectivity index (χ0n) is 15.9. The lowest BCUT2D eigenvalue weighted by Crippen LogP contribution is -2.29. The highest BCUT2D eigenvalue weighted by Crippen LogP contribution is 2.24. The van der Waals surface area contributed by atoms with E-state index in [1.165, 1.54) is 11.8 Å². The van der Waals surface area contributed by atoms with Crippen LogP contribution >= 0.6 is 35.0 Å². The largest absolute Gasteiger partial charge is 0.376 e. The predicted octanol–water partition coefficient (Wildman–Crippen LogP) is 4.61. The average Bonchev–Trinajstić information content (AvgIpc) is 3.23. The lowest BCUT2D eigenvalue weighted by atomic mass is 10.2. The number of benzene rings is 2. The van der Waals surface area contributed by atoms with E-state index in [1.54, 1.807) is 47.0 Å². The Hall–Kier alpha value is -2.06. The van der Waals surface area contributed by atoms with Crippen LogP contribution in [0.25, 0.3) is 10.9 Å². The van der Waals surface area contributed by atoms with E-state index in [0.717, 1.165) is 12.8 Å². The Kier molecular flexibility index (Phi) is 6.63. The number of fused-ring (bicyclic) bond motifs is 1. The van der Waals surface area contributed by atoms with Crippen LogP contribution in [0.5, 0.6) is 0 Å². The summed E-state index contributed by atoms with van der Waals surface area (Å²) in [4.78, 5) is 30.2. The van der Waals surface area contributed by atoms with Gasteiger partial charge < -0.3 is 10.1 Å². The van der Waals surface area contributed by atoms with Crippen LogP contribution in [0.1, 0.15) is 12.8 Å². The SMILES string of the molecule is O=C(CSc1nc2cc(Cl)ccc2c(=O)n1CC1CCCO1)Nc1ccccc1Cl. The second kappa shape index (κ2) is 9.39. The van der Waals surface area contributed by atoms with E-state index in [1.807, 2.05) is 0 Å². The number of halogens is 2. The van der Waals surface area contributed by atoms with Crippen LogP contribution in [0.4, 0.5) is 5.69 Å². The maximum absolute atomic E-state index is 13.1. The van der Waals surface area contributed by atoms with E-state index in [-0.39, 0.29) is 23.3 Å². The molecule has 1 atom stereocenters. The summed E-state index contributed by atoms with van der Waals surface area (Å²) >= 11 is 13.4. The molecule has 0 bridgehead atoms. The third kappa shape index (κ3) is 4.81. The number of carbonyl (C=O) groups is 1. The molecule has 2 heterocycles. The molecule has 1 unspecified atom stereocenters. The highest BCUT2D eigenvalue weighted by atomic mass is 35.5. The van der Waals surface area contributed by atoms with E-state index in [2.05, 4.69) is 10.3 Å². The number of amides is 1. The van der Waals surface area contributed by atoms with E-state index in [4.69, 9.17) is 27.9 Å². The van der Waals surface area contributed by atoms with Crippen LogP contribution in [0, 0.1) is 0 Å². The van der Waals surface area contributed by atoms with Crippen molar-refractivity contribution in [2.45, 2.75) is 30.6 Å². The van der Waals surface area contributed by atoms with Crippen LogP contribution < -0.4 is 10.9 Å². The number of hydrogen-bond donors (Lipinski definition) is 1. The first-order valence-electron chi connectivity index (χ1n) is 9.50. The van der Waals surface area contributed by atoms with Gasteiger partial charge in [-0.1, -0.05) is 47.1 Å². The molecule has 1 N–H and O–H groups in total. The Balaban J connectivity index is 1.60. The standard InChI is InChI=1S/C21H19Cl2N3O3S/c22-13-7-8-15-18(10-13)25-21(26(20(15)28)11-14-4-3-9-29-14)30-12-19(27)24-17-6-2-1-5-16(17)23/h1-2,5-8,10,14H,3-4,9,11-12H2,(H,24,27). The molecule has 1 aliphatic rings. The van der Waals surface area contributed by atoms with Crippen LogP contribution in [0.3, 0.4) is 0 Å². The number of nitrogens with one attached hydrogen (secondary N) is 1. The number of ether oxygens (including phenoxy) is 1. The maximum atomic E-state index is 13.1. The quantitative estimate of drug-likeness (QED) is 0.426. The topological polar surface area (TPSA) is 73.2 Å². The molecule has 1 amide bonds. The lowest BCUT2D eigenvalue weighted by Gasteiger charge is -2.16. The number of rotatable bonds is 6. The van der Waals surface area contributed by atoms with E-state index < -0.39 is 0 Å². The van der Waals surface area contributed by atoms with Crippen molar-refractivity contribution in [2.24, 2.45) is 0 Å². The van der Waals surface area contributed by atoms with Crippen molar-refractivity contribution in [1.29, 1.82) is 0 Å². The molecule has 2 aromatic carbocycles. The van der Waals surface area contributed by atoms with Crippen LogP contribution in [-0.4, -0.2) is 33.9 Å². The van der Waals surface area contributed by atoms with Gasteiger partial charge in [0.15, 0.2) is 5.16 Å². The fraction of sp³-hybridized carbons (Fsp3) is 0.286. The Labute approximate surface area is 187 Å². The van der Waals surface area contributed by atoms with Gasteiger partial charge >= 0.3 is 0 Å². The second-order valence-electron chi connectivity index (χ2n) is 6.92. The fourth-order valence-electron chi connectivity index (χ4n) is 3.32. The minimum Gasteiger partial charge on any atom is -0.376 e. The van der Waals surface area contributed by atoms with Crippen molar-refractivity contribution in [2.75, 3.05) is 17.7 Å². The van der Waals surface area contributed by atoms with Gasteiger partial charge in [0.05, 0.1) is 40.0 Å². The summed E-state index contributed by atoms with van der Waals surface area (Å²) in [5.74, 6) is -0.160. The molecule has 1 fully saturated rings. The van der Waals surface area contributed by atoms with Gasteiger partial charge in [0.25, 0.3) is 5.56 Å². The second-order valence-corrected chi connectivity index (χ2v) is 8.71. The number of para-hydroxylation sites is 1. The van der Waals surface area contributed by atoms with Gasteiger partial charge in [-0.05, 0) is 43.2 Å². The van der Waals surface area contributed by atoms with Gasteiger partial charge in [0, 0.05) is 11.6 Å². The van der Waals surface area contributed by atoms with Gasteiger partial charge in [-0.25, -0.2) is 4.98 Å². The number of carbonyl (C=O) groups excluding carboxylic acids is 1. The monoisotopic (exact) mass is 463 g/mol. The van der Waals surface area contributed by atoms with Crippen molar-refractivity contribution in [3.63, 3.8) is 0 Å². The summed E-state index contributed by atoms with van der Waals surface area (Å²) in [6, 6.07) is 12.0. The van der Waals surface area contributed by atoms with Crippen LogP contribution in [-0.2, 0) is 16.1 Å². The van der Waals surface area contributed by atoms with Crippen LogP contribution in [0.15, 0.2) is 52.4 Å². The zero-order chi connectivity index (χ0) is 21.1. The van der Waals surface area contributed by atoms with Crippen molar-refractivity contribution in [1.82, 2.24) is 9.55 Å². The van der Waals surface area contributed by atoms with E-state index >= 15 is 0 Å². The Morgan fingerprint density at radius 2 is 2.10 bits per heavy atom. The van der Waals surface area contributed by atoms with E-state index in [9.17, 15) is 9.59 Å². The Morgan fingerprint density at radius 3 is 2.87 bits per heavy atom. The summed E-state index contributed by atoms with van der Waals surface area (Å²) in [5, 5.41) is 4.69. The minimum atomic E-state index is -0.239. The van der Waals surface area contributed by atoms with Gasteiger partial charge in [0.1, 0.15) is 0 Å². The molecule has 0 saturated carbocycles. The molecule has 3 aromatic rings. The molecule has 156 valence electrons. The molecule has 0 aliphatic carbocycles. The molecule has 30 heavy (non-hydrogen) atoms. The molecule has 4 rings (SSSR count). The number of aromatic nitrogens is 2. The first kappa shape index (κ1) is 21.2. The summed E-state index contributed by atoms with van der Waals surface area (Å²) in [6.45, 7) is 1.09. The van der Waals surface area contributed by atoms with Crippen molar-refractivity contribution in [3.05, 3.63) is 62.9 Å². The zero-order valence-corrected chi connectivity index (χ0v) is 18.3.